The number of likely N-dealkylation sites (N-methyl/N-ethyl adjacent to an activating group) is 1. The molecule has 0 saturated carbocycles. The average molecular weight is 1150 g/mol. The second kappa shape index (κ2) is 33.2. The van der Waals surface area contributed by atoms with Crippen LogP contribution in [0.15, 0.2) is 97.1 Å². The van der Waals surface area contributed by atoms with Crippen LogP contribution in [0.4, 0.5) is 19.2 Å². The number of rotatable bonds is 18. The quantitative estimate of drug-likeness (QED) is 0.0360. The molecule has 6 amide bonds. The molecular weight excluding hydrogens is 1070 g/mol. The summed E-state index contributed by atoms with van der Waals surface area (Å²) < 4.78 is 34.4. The summed E-state index contributed by atoms with van der Waals surface area (Å²) >= 11 is 4.64. The topological polar surface area (TPSA) is 302 Å². The maximum atomic E-state index is 12.5. The smallest absolute Gasteiger partial charge is 0.408 e. The highest BCUT2D eigenvalue weighted by Crippen LogP contribution is 2.45. The van der Waals surface area contributed by atoms with Crippen molar-refractivity contribution in [1.82, 2.24) is 37.2 Å². The van der Waals surface area contributed by atoms with E-state index in [1.54, 1.807) is 48.6 Å². The summed E-state index contributed by atoms with van der Waals surface area (Å²) in [6.07, 6.45) is -1.47. The van der Waals surface area contributed by atoms with Gasteiger partial charge in [0.2, 0.25) is 11.8 Å². The van der Waals surface area contributed by atoms with E-state index in [0.717, 1.165) is 33.4 Å². The minimum atomic E-state index is -1.22. The molecule has 4 aromatic carbocycles. The summed E-state index contributed by atoms with van der Waals surface area (Å²) in [5.41, 5.74) is 7.53. The van der Waals surface area contributed by atoms with E-state index in [-0.39, 0.29) is 51.2 Å². The van der Waals surface area contributed by atoms with Gasteiger partial charge in [0.15, 0.2) is 0 Å². The first-order valence-electron chi connectivity index (χ1n) is 25.4. The maximum absolute atomic E-state index is 12.5. The highest BCUT2D eigenvalue weighted by atomic mass is 35.5. The van der Waals surface area contributed by atoms with Gasteiger partial charge in [-0.15, -0.1) is 11.6 Å². The molecule has 4 aromatic rings. The number of esters is 3. The Bertz CT molecular complexity index is 2690. The molecule has 81 heavy (non-hydrogen) atoms. The number of nitrogens with one attached hydrogen (secondary N) is 7. The Hall–Kier alpha value is -8.44. The summed E-state index contributed by atoms with van der Waals surface area (Å²) in [5.74, 6) is -3.07. The van der Waals surface area contributed by atoms with Crippen molar-refractivity contribution in [2.24, 2.45) is 0 Å². The number of hydrogen-bond acceptors (Lipinski definition) is 17. The van der Waals surface area contributed by atoms with Crippen molar-refractivity contribution in [3.05, 3.63) is 119 Å². The Labute approximate surface area is 476 Å². The fourth-order valence-corrected chi connectivity index (χ4v) is 7.93. The number of carbonyl (C=O) groups is 9. The zero-order chi connectivity index (χ0) is 60.3. The van der Waals surface area contributed by atoms with E-state index in [1.807, 2.05) is 72.8 Å². The second-order valence-electron chi connectivity index (χ2n) is 19.5. The van der Waals surface area contributed by atoms with Gasteiger partial charge in [-0.1, -0.05) is 97.1 Å². The average Bonchev–Trinajstić information content (AvgIpc) is 4.20. The number of alkyl halides is 1. The molecule has 0 unspecified atom stereocenters. The minimum Gasteiger partial charge on any atom is -0.468 e. The fourth-order valence-electron chi connectivity index (χ4n) is 7.93. The van der Waals surface area contributed by atoms with Crippen LogP contribution in [0.1, 0.15) is 75.6 Å². The molecule has 23 nitrogen and oxygen atoms in total. The largest absolute Gasteiger partial charge is 0.468 e. The van der Waals surface area contributed by atoms with Gasteiger partial charge in [0.25, 0.3) is 0 Å². The number of benzene rings is 4. The number of ether oxygens (including phenoxy) is 7. The molecular formula is C57H74ClN7O16. The Morgan fingerprint density at radius 1 is 0.444 bits per heavy atom. The third kappa shape index (κ3) is 22.3. The van der Waals surface area contributed by atoms with Gasteiger partial charge in [-0.25, -0.2) is 19.2 Å². The number of hydrogen-bond donors (Lipinski definition) is 7. The van der Waals surface area contributed by atoms with Gasteiger partial charge >= 0.3 is 42.3 Å². The lowest BCUT2D eigenvalue weighted by Gasteiger charge is -2.23. The van der Waals surface area contributed by atoms with Crippen molar-refractivity contribution >= 4 is 65.7 Å². The Balaban J connectivity index is 0.000000332. The van der Waals surface area contributed by atoms with Gasteiger partial charge in [0.1, 0.15) is 56.1 Å². The van der Waals surface area contributed by atoms with Gasteiger partial charge < -0.3 is 70.4 Å². The van der Waals surface area contributed by atoms with Crippen LogP contribution in [0.3, 0.4) is 0 Å². The third-order valence-electron chi connectivity index (χ3n) is 11.4. The number of methoxy groups -OCH3 is 3. The van der Waals surface area contributed by atoms with Crippen LogP contribution in [0.2, 0.25) is 0 Å². The molecule has 0 radical (unpaired) electrons. The minimum absolute atomic E-state index is 0.00581. The highest BCUT2D eigenvalue weighted by molar-refractivity contribution is 6.15. The molecule has 0 aromatic heterocycles. The number of amides is 6. The van der Waals surface area contributed by atoms with Gasteiger partial charge in [-0.05, 0) is 93.1 Å². The molecule has 7 N–H and O–H groups in total. The van der Waals surface area contributed by atoms with Crippen LogP contribution in [0.25, 0.3) is 22.3 Å². The van der Waals surface area contributed by atoms with Crippen LogP contribution in [-0.2, 0) is 57.1 Å². The normalized spacial score (nSPS) is 12.3. The molecule has 2 aliphatic rings. The lowest BCUT2D eigenvalue weighted by atomic mass is 9.98. The Kier molecular flexibility index (Phi) is 27.4. The van der Waals surface area contributed by atoms with Crippen molar-refractivity contribution < 1.29 is 76.3 Å². The van der Waals surface area contributed by atoms with E-state index in [0.29, 0.717) is 0 Å². The maximum Gasteiger partial charge on any atom is 0.408 e. The summed E-state index contributed by atoms with van der Waals surface area (Å²) in [6.45, 7) is 9.56. The van der Waals surface area contributed by atoms with Gasteiger partial charge in [0.05, 0.1) is 27.9 Å². The van der Waals surface area contributed by atoms with Crippen LogP contribution in [0.5, 0.6) is 0 Å². The van der Waals surface area contributed by atoms with E-state index in [9.17, 15) is 43.2 Å². The van der Waals surface area contributed by atoms with E-state index in [4.69, 9.17) is 18.9 Å². The lowest BCUT2D eigenvalue weighted by Crippen LogP contribution is -2.54. The first-order chi connectivity index (χ1) is 38.5. The lowest BCUT2D eigenvalue weighted by molar-refractivity contribution is -0.141. The fraction of sp³-hybridized carbons (Fsp3) is 0.421. The van der Waals surface area contributed by atoms with Gasteiger partial charge in [-0.2, -0.15) is 0 Å². The van der Waals surface area contributed by atoms with Crippen molar-refractivity contribution in [1.29, 1.82) is 0 Å². The van der Waals surface area contributed by atoms with Crippen LogP contribution in [0, 0.1) is 0 Å². The zero-order valence-corrected chi connectivity index (χ0v) is 48.2. The molecule has 0 heterocycles. The summed E-state index contributed by atoms with van der Waals surface area (Å²) in [5, 5.41) is 17.2. The first kappa shape index (κ1) is 66.8. The Morgan fingerprint density at radius 2 is 0.741 bits per heavy atom. The molecule has 0 saturated heterocycles. The van der Waals surface area contributed by atoms with Gasteiger partial charge in [-0.3, -0.25) is 24.0 Å². The number of fused-ring (bicyclic) bond motifs is 6. The van der Waals surface area contributed by atoms with E-state index in [1.165, 1.54) is 38.8 Å². The molecule has 0 spiro atoms. The van der Waals surface area contributed by atoms with Crippen molar-refractivity contribution in [3.63, 3.8) is 0 Å². The predicted octanol–water partition coefficient (Wildman–Crippen LogP) is 5.65. The van der Waals surface area contributed by atoms with Crippen molar-refractivity contribution in [3.8, 4) is 22.3 Å². The van der Waals surface area contributed by atoms with Crippen LogP contribution < -0.4 is 37.2 Å². The Morgan fingerprint density at radius 3 is 1.05 bits per heavy atom. The summed E-state index contributed by atoms with van der Waals surface area (Å²) in [6, 6.07) is 30.1. The standard InChI is InChI=1S/C26H31N3O7.C18H17NO4.C12H23N3O5.CH3Cl/c1-26(2,3)36-25(33)29-21(23(31)27-14-22(30)34-4)13-28-24(32)35-15-20-18-11-7-5-9-16(18)17-10-6-8-12-19(17)20;1-22-17(20)10-19-18(21)23-11-16-14-8-4-2-6-12(14)13-7-3-5-9-15(13)16;1-12(2,3)20-11(18)15-8(6-13-4)10(17)14-7-9(16)19-5;1-2/h5-12,20-21H,13-15H2,1-4H3,(H,27,31)(H,28,32)(H,29,33);2-9,16H,10-11H2,1H3,(H,19,21);8,13H,6-7H2,1-5H3,(H,14,17)(H,15,18);1H3/t21-;;8-;/m1.1./s1. The van der Waals surface area contributed by atoms with Crippen molar-refractivity contribution in [2.45, 2.75) is 76.7 Å². The number of alkyl carbamates (subject to hydrolysis) is 4. The molecule has 6 rings (SSSR count). The molecule has 0 fully saturated rings. The third-order valence-corrected chi connectivity index (χ3v) is 11.4. The zero-order valence-electron chi connectivity index (χ0n) is 47.4. The summed E-state index contributed by atoms with van der Waals surface area (Å²) in [4.78, 5) is 106. The SMILES string of the molecule is CCl.CNC[C@@H](NC(=O)OC(C)(C)C)C(=O)NCC(=O)OC.COC(=O)CNC(=O)OCC1c2ccccc2-c2ccccc21.COC(=O)CNC(=O)[C@@H](CNC(=O)OCC1c2ccccc2-c2ccccc21)NC(=O)OC(C)(C)C. The van der Waals surface area contributed by atoms with Crippen LogP contribution >= 0.6 is 11.6 Å². The first-order valence-corrected chi connectivity index (χ1v) is 26.2. The highest BCUT2D eigenvalue weighted by Gasteiger charge is 2.32. The monoisotopic (exact) mass is 1150 g/mol. The molecule has 0 bridgehead atoms. The molecule has 2 atom stereocenters. The van der Waals surface area contributed by atoms with E-state index >= 15 is 0 Å². The summed E-state index contributed by atoms with van der Waals surface area (Å²) in [7, 11) is 5.31. The predicted molar refractivity (Wildman–Crippen MR) is 300 cm³/mol. The molecule has 440 valence electrons. The number of halogens is 1. The van der Waals surface area contributed by atoms with Crippen molar-refractivity contribution in [2.75, 3.05) is 80.7 Å². The number of carbonyl (C=O) groups excluding carboxylic acids is 9. The second-order valence-corrected chi connectivity index (χ2v) is 19.5. The molecule has 24 heteroatoms. The van der Waals surface area contributed by atoms with Crippen LogP contribution in [-0.4, -0.2) is 158 Å². The molecule has 0 aliphatic heterocycles. The van der Waals surface area contributed by atoms with E-state index in [2.05, 4.69) is 87.3 Å². The molecule has 2 aliphatic carbocycles. The van der Waals surface area contributed by atoms with E-state index < -0.39 is 83.9 Å². The van der Waals surface area contributed by atoms with Gasteiger partial charge in [0, 0.05) is 24.8 Å².